The number of anilines is 2. The minimum Gasteiger partial charge on any atom is -0.326 e. The Morgan fingerprint density at radius 1 is 1.21 bits per heavy atom. The predicted molar refractivity (Wildman–Crippen MR) is 78.0 cm³/mol. The maximum absolute atomic E-state index is 11.9. The molecule has 0 aliphatic rings. The van der Waals surface area contributed by atoms with E-state index in [1.54, 1.807) is 38.1 Å². The number of alkyl halides is 1. The zero-order chi connectivity index (χ0) is 14.7. The van der Waals surface area contributed by atoms with Crippen LogP contribution in [0.15, 0.2) is 24.3 Å². The van der Waals surface area contributed by atoms with Crippen molar-refractivity contribution in [3.63, 3.8) is 0 Å². The first-order chi connectivity index (χ1) is 8.64. The van der Waals surface area contributed by atoms with Gasteiger partial charge in [0.1, 0.15) is 0 Å². The van der Waals surface area contributed by atoms with Crippen LogP contribution in [0.1, 0.15) is 13.8 Å². The van der Waals surface area contributed by atoms with E-state index in [9.17, 15) is 13.2 Å². The summed E-state index contributed by atoms with van der Waals surface area (Å²) in [5.41, 5.74) is 0.366. The number of sulfonamides is 1. The van der Waals surface area contributed by atoms with Gasteiger partial charge in [-0.25, -0.2) is 8.42 Å². The van der Waals surface area contributed by atoms with E-state index in [2.05, 4.69) is 10.0 Å². The number of hydrogen-bond donors (Lipinski definition) is 2. The molecule has 0 aliphatic carbocycles. The quantitative estimate of drug-likeness (QED) is 0.819. The minimum atomic E-state index is -3.30. The van der Waals surface area contributed by atoms with E-state index in [1.165, 1.54) is 0 Å². The second-order valence-electron chi connectivity index (χ2n) is 4.92. The first kappa shape index (κ1) is 15.8. The standard InChI is InChI=1S/C12H17ClN2O3S/c1-12(2,8-13)11(16)14-9-4-6-10(7-5-9)15-19(3,17)18/h4-7,15H,8H2,1-3H3,(H,14,16). The molecule has 1 amide bonds. The van der Waals surface area contributed by atoms with Crippen LogP contribution >= 0.6 is 11.6 Å². The largest absolute Gasteiger partial charge is 0.326 e. The van der Waals surface area contributed by atoms with Gasteiger partial charge < -0.3 is 5.32 Å². The third kappa shape index (κ3) is 5.08. The average Bonchev–Trinajstić information content (AvgIpc) is 2.29. The molecule has 1 rings (SSSR count). The Morgan fingerprint density at radius 3 is 2.11 bits per heavy atom. The molecule has 19 heavy (non-hydrogen) atoms. The number of carbonyl (C=O) groups is 1. The molecule has 0 unspecified atom stereocenters. The maximum atomic E-state index is 11.9. The van der Waals surface area contributed by atoms with Crippen molar-refractivity contribution in [1.29, 1.82) is 0 Å². The molecule has 0 fully saturated rings. The van der Waals surface area contributed by atoms with Gasteiger partial charge in [-0.15, -0.1) is 11.6 Å². The van der Waals surface area contributed by atoms with Crippen LogP contribution in [0, 0.1) is 5.41 Å². The van der Waals surface area contributed by atoms with E-state index in [-0.39, 0.29) is 11.8 Å². The molecule has 2 N–H and O–H groups in total. The Balaban J connectivity index is 2.75. The summed E-state index contributed by atoms with van der Waals surface area (Å²) in [6.45, 7) is 3.49. The first-order valence-electron chi connectivity index (χ1n) is 5.59. The molecule has 0 bridgehead atoms. The second-order valence-corrected chi connectivity index (χ2v) is 6.94. The van der Waals surface area contributed by atoms with E-state index in [4.69, 9.17) is 11.6 Å². The van der Waals surface area contributed by atoms with Crippen LogP contribution in [0.2, 0.25) is 0 Å². The summed E-state index contributed by atoms with van der Waals surface area (Å²) < 4.78 is 24.4. The number of nitrogens with one attached hydrogen (secondary N) is 2. The third-order valence-corrected chi connectivity index (χ3v) is 3.67. The first-order valence-corrected chi connectivity index (χ1v) is 8.02. The van der Waals surface area contributed by atoms with Gasteiger partial charge in [0.15, 0.2) is 0 Å². The molecule has 0 saturated carbocycles. The lowest BCUT2D eigenvalue weighted by Gasteiger charge is -2.20. The summed E-state index contributed by atoms with van der Waals surface area (Å²) >= 11 is 5.71. The maximum Gasteiger partial charge on any atom is 0.231 e. The normalized spacial score (nSPS) is 12.0. The van der Waals surface area contributed by atoms with Crippen LogP contribution < -0.4 is 10.0 Å². The molecule has 0 atom stereocenters. The van der Waals surface area contributed by atoms with Crippen molar-refractivity contribution in [2.75, 3.05) is 22.2 Å². The lowest BCUT2D eigenvalue weighted by atomic mass is 9.95. The Labute approximate surface area is 118 Å². The number of amides is 1. The van der Waals surface area contributed by atoms with Crippen LogP contribution in [-0.4, -0.2) is 26.5 Å². The highest BCUT2D eigenvalue weighted by Gasteiger charge is 2.26. The van der Waals surface area contributed by atoms with Crippen molar-refractivity contribution in [1.82, 2.24) is 0 Å². The van der Waals surface area contributed by atoms with Crippen LogP contribution in [0.4, 0.5) is 11.4 Å². The summed E-state index contributed by atoms with van der Waals surface area (Å²) in [5, 5.41) is 2.72. The zero-order valence-electron chi connectivity index (χ0n) is 11.0. The van der Waals surface area contributed by atoms with Crippen LogP contribution in [0.5, 0.6) is 0 Å². The molecular weight excluding hydrogens is 288 g/mol. The molecule has 1 aromatic carbocycles. The summed E-state index contributed by atoms with van der Waals surface area (Å²) in [6.07, 6.45) is 1.08. The second kappa shape index (κ2) is 5.79. The van der Waals surface area contributed by atoms with Crippen molar-refractivity contribution in [3.05, 3.63) is 24.3 Å². The van der Waals surface area contributed by atoms with Gasteiger partial charge in [-0.2, -0.15) is 0 Å². The van der Waals surface area contributed by atoms with E-state index in [0.717, 1.165) is 6.26 Å². The molecule has 0 heterocycles. The Morgan fingerprint density at radius 2 is 1.68 bits per heavy atom. The molecule has 0 aliphatic heterocycles. The molecule has 0 radical (unpaired) electrons. The van der Waals surface area contributed by atoms with Crippen molar-refractivity contribution < 1.29 is 13.2 Å². The monoisotopic (exact) mass is 304 g/mol. The molecule has 0 saturated heterocycles. The van der Waals surface area contributed by atoms with Gasteiger partial charge in [-0.1, -0.05) is 0 Å². The smallest absolute Gasteiger partial charge is 0.231 e. The van der Waals surface area contributed by atoms with Gasteiger partial charge >= 0.3 is 0 Å². The van der Waals surface area contributed by atoms with Crippen molar-refractivity contribution in [2.24, 2.45) is 5.41 Å². The van der Waals surface area contributed by atoms with Crippen LogP contribution in [0.25, 0.3) is 0 Å². The average molecular weight is 305 g/mol. The van der Waals surface area contributed by atoms with Crippen molar-refractivity contribution in [3.8, 4) is 0 Å². The van der Waals surface area contributed by atoms with Crippen molar-refractivity contribution in [2.45, 2.75) is 13.8 Å². The highest BCUT2D eigenvalue weighted by molar-refractivity contribution is 7.92. The van der Waals surface area contributed by atoms with Gasteiger partial charge in [-0.3, -0.25) is 9.52 Å². The molecule has 106 valence electrons. The predicted octanol–water partition coefficient (Wildman–Crippen LogP) is 2.26. The van der Waals surface area contributed by atoms with E-state index < -0.39 is 15.4 Å². The van der Waals surface area contributed by atoms with Crippen LogP contribution in [0.3, 0.4) is 0 Å². The highest BCUT2D eigenvalue weighted by Crippen LogP contribution is 2.21. The Bertz CT molecular complexity index is 553. The molecule has 0 aromatic heterocycles. The Hall–Kier alpha value is -1.27. The fourth-order valence-electron chi connectivity index (χ4n) is 1.20. The molecular formula is C12H17ClN2O3S. The fraction of sp³-hybridized carbons (Fsp3) is 0.417. The molecule has 0 spiro atoms. The summed E-state index contributed by atoms with van der Waals surface area (Å²) in [7, 11) is -3.30. The molecule has 7 heteroatoms. The number of carbonyl (C=O) groups excluding carboxylic acids is 1. The topological polar surface area (TPSA) is 75.3 Å². The summed E-state index contributed by atoms with van der Waals surface area (Å²) in [4.78, 5) is 11.9. The number of halogens is 1. The van der Waals surface area contributed by atoms with Gasteiger partial charge in [0.25, 0.3) is 0 Å². The van der Waals surface area contributed by atoms with Gasteiger partial charge in [0.05, 0.1) is 11.7 Å². The SMILES string of the molecule is CC(C)(CCl)C(=O)Nc1ccc(NS(C)(=O)=O)cc1. The van der Waals surface area contributed by atoms with Gasteiger partial charge in [-0.05, 0) is 38.1 Å². The van der Waals surface area contributed by atoms with Crippen LogP contribution in [-0.2, 0) is 14.8 Å². The number of rotatable bonds is 5. The van der Waals surface area contributed by atoms with Gasteiger partial charge in [0, 0.05) is 17.3 Å². The number of hydrogen-bond acceptors (Lipinski definition) is 3. The van der Waals surface area contributed by atoms with Crippen molar-refractivity contribution >= 4 is 38.9 Å². The lowest BCUT2D eigenvalue weighted by molar-refractivity contribution is -0.122. The molecule has 1 aromatic rings. The zero-order valence-corrected chi connectivity index (χ0v) is 12.6. The van der Waals surface area contributed by atoms with E-state index >= 15 is 0 Å². The third-order valence-electron chi connectivity index (χ3n) is 2.39. The van der Waals surface area contributed by atoms with E-state index in [0.29, 0.717) is 11.4 Å². The number of benzene rings is 1. The molecule has 5 nitrogen and oxygen atoms in total. The summed E-state index contributed by atoms with van der Waals surface area (Å²) in [6, 6.07) is 6.39. The summed E-state index contributed by atoms with van der Waals surface area (Å²) in [5.74, 6) is 0.0262. The highest BCUT2D eigenvalue weighted by atomic mass is 35.5. The lowest BCUT2D eigenvalue weighted by Crippen LogP contribution is -2.32. The van der Waals surface area contributed by atoms with Gasteiger partial charge in [0.2, 0.25) is 15.9 Å². The Kier molecular flexibility index (Phi) is 4.81. The minimum absolute atomic E-state index is 0.189. The van der Waals surface area contributed by atoms with E-state index in [1.807, 2.05) is 0 Å². The fourth-order valence-corrected chi connectivity index (χ4v) is 1.88.